The van der Waals surface area contributed by atoms with Crippen molar-refractivity contribution >= 4 is 5.69 Å². The van der Waals surface area contributed by atoms with Gasteiger partial charge in [0.2, 0.25) is 0 Å². The van der Waals surface area contributed by atoms with E-state index < -0.39 is 6.10 Å². The predicted molar refractivity (Wildman–Crippen MR) is 86.1 cm³/mol. The van der Waals surface area contributed by atoms with Crippen molar-refractivity contribution in [1.82, 2.24) is 4.90 Å². The van der Waals surface area contributed by atoms with Crippen LogP contribution in [0.15, 0.2) is 54.6 Å². The highest BCUT2D eigenvalue weighted by molar-refractivity contribution is 5.41. The molecule has 1 saturated heterocycles. The minimum Gasteiger partial charge on any atom is -0.399 e. The summed E-state index contributed by atoms with van der Waals surface area (Å²) >= 11 is 0. The zero-order valence-electron chi connectivity index (χ0n) is 12.2. The van der Waals surface area contributed by atoms with Crippen molar-refractivity contribution in [2.75, 3.05) is 25.4 Å². The minimum atomic E-state index is -0.469. The molecule has 0 radical (unpaired) electrons. The molecule has 0 aliphatic carbocycles. The number of nitrogens with two attached hydrogens (primary N) is 1. The van der Waals surface area contributed by atoms with Gasteiger partial charge in [0, 0.05) is 18.8 Å². The molecule has 110 valence electrons. The summed E-state index contributed by atoms with van der Waals surface area (Å²) in [5, 5.41) is 10.4. The molecule has 3 heteroatoms. The van der Waals surface area contributed by atoms with Gasteiger partial charge in [-0.15, -0.1) is 0 Å². The molecule has 21 heavy (non-hydrogen) atoms. The Labute approximate surface area is 126 Å². The third-order valence-electron chi connectivity index (χ3n) is 4.27. The van der Waals surface area contributed by atoms with Gasteiger partial charge >= 0.3 is 0 Å². The number of anilines is 1. The Kier molecular flexibility index (Phi) is 4.23. The highest BCUT2D eigenvalue weighted by Crippen LogP contribution is 2.28. The maximum Gasteiger partial charge on any atom is 0.0917 e. The number of benzene rings is 2. The van der Waals surface area contributed by atoms with Crippen LogP contribution in [0.3, 0.4) is 0 Å². The summed E-state index contributed by atoms with van der Waals surface area (Å²) in [4.78, 5) is 2.34. The molecule has 3 rings (SSSR count). The molecular weight excluding hydrogens is 260 g/mol. The van der Waals surface area contributed by atoms with Crippen molar-refractivity contribution in [1.29, 1.82) is 0 Å². The van der Waals surface area contributed by atoms with Gasteiger partial charge in [-0.1, -0.05) is 42.5 Å². The standard InChI is InChI=1S/C18H22N2O/c19-17-8-4-7-15(11-17)18(21)13-20-10-9-16(12-20)14-5-2-1-3-6-14/h1-8,11,16,18,21H,9-10,12-13,19H2. The van der Waals surface area contributed by atoms with Gasteiger partial charge in [0.05, 0.1) is 6.10 Å². The third-order valence-corrected chi connectivity index (χ3v) is 4.27. The van der Waals surface area contributed by atoms with Crippen molar-refractivity contribution in [3.63, 3.8) is 0 Å². The van der Waals surface area contributed by atoms with Crippen LogP contribution >= 0.6 is 0 Å². The van der Waals surface area contributed by atoms with Gasteiger partial charge in [0.15, 0.2) is 0 Å². The first-order chi connectivity index (χ1) is 10.2. The van der Waals surface area contributed by atoms with Crippen LogP contribution < -0.4 is 5.73 Å². The lowest BCUT2D eigenvalue weighted by atomic mass is 9.99. The average molecular weight is 282 g/mol. The summed E-state index contributed by atoms with van der Waals surface area (Å²) in [6.45, 7) is 2.73. The molecule has 1 fully saturated rings. The number of nitrogens with zero attached hydrogens (tertiary/aromatic N) is 1. The smallest absolute Gasteiger partial charge is 0.0917 e. The summed E-state index contributed by atoms with van der Waals surface area (Å²) < 4.78 is 0. The third kappa shape index (κ3) is 3.43. The summed E-state index contributed by atoms with van der Waals surface area (Å²) in [5.41, 5.74) is 8.78. The van der Waals surface area contributed by atoms with Crippen molar-refractivity contribution in [3.8, 4) is 0 Å². The molecule has 2 unspecified atom stereocenters. The van der Waals surface area contributed by atoms with Crippen LogP contribution in [0.1, 0.15) is 29.6 Å². The van der Waals surface area contributed by atoms with Crippen molar-refractivity contribution in [2.45, 2.75) is 18.4 Å². The van der Waals surface area contributed by atoms with Gasteiger partial charge in [0.25, 0.3) is 0 Å². The zero-order valence-corrected chi connectivity index (χ0v) is 12.2. The van der Waals surface area contributed by atoms with Crippen LogP contribution in [0.4, 0.5) is 5.69 Å². The summed E-state index contributed by atoms with van der Waals surface area (Å²) in [5.74, 6) is 0.583. The van der Waals surface area contributed by atoms with Crippen LogP contribution in [-0.4, -0.2) is 29.6 Å². The highest BCUT2D eigenvalue weighted by atomic mass is 16.3. The minimum absolute atomic E-state index is 0.469. The molecule has 2 atom stereocenters. The van der Waals surface area contributed by atoms with Gasteiger partial charge in [-0.25, -0.2) is 0 Å². The second kappa shape index (κ2) is 6.29. The molecule has 1 aliphatic rings. The number of nitrogen functional groups attached to an aromatic ring is 1. The van der Waals surface area contributed by atoms with E-state index >= 15 is 0 Å². The maximum atomic E-state index is 10.4. The number of likely N-dealkylation sites (tertiary alicyclic amines) is 1. The molecule has 0 saturated carbocycles. The lowest BCUT2D eigenvalue weighted by molar-refractivity contribution is 0.125. The summed E-state index contributed by atoms with van der Waals surface area (Å²) in [6.07, 6.45) is 0.691. The Balaban J connectivity index is 1.60. The monoisotopic (exact) mass is 282 g/mol. The Morgan fingerprint density at radius 2 is 1.95 bits per heavy atom. The van der Waals surface area contributed by atoms with E-state index in [-0.39, 0.29) is 0 Å². The lowest BCUT2D eigenvalue weighted by Gasteiger charge is -2.20. The molecule has 1 heterocycles. The fourth-order valence-electron chi connectivity index (χ4n) is 3.11. The predicted octanol–water partition coefficient (Wildman–Crippen LogP) is 2.79. The van der Waals surface area contributed by atoms with Gasteiger partial charge in [0.1, 0.15) is 0 Å². The van der Waals surface area contributed by atoms with Gasteiger partial charge in [-0.2, -0.15) is 0 Å². The molecule has 0 bridgehead atoms. The van der Waals surface area contributed by atoms with Gasteiger partial charge < -0.3 is 10.8 Å². The first kappa shape index (κ1) is 14.1. The highest BCUT2D eigenvalue weighted by Gasteiger charge is 2.25. The second-order valence-electron chi connectivity index (χ2n) is 5.84. The quantitative estimate of drug-likeness (QED) is 0.848. The Hall–Kier alpha value is -1.84. The van der Waals surface area contributed by atoms with E-state index in [2.05, 4.69) is 35.2 Å². The first-order valence-electron chi connectivity index (χ1n) is 7.53. The van der Waals surface area contributed by atoms with E-state index in [0.717, 1.165) is 25.1 Å². The van der Waals surface area contributed by atoms with E-state index in [1.807, 2.05) is 24.3 Å². The van der Waals surface area contributed by atoms with E-state index in [1.54, 1.807) is 0 Å². The SMILES string of the molecule is Nc1cccc(C(O)CN2CCC(c3ccccc3)C2)c1. The van der Waals surface area contributed by atoms with Gasteiger partial charge in [-0.05, 0) is 42.1 Å². The van der Waals surface area contributed by atoms with Gasteiger partial charge in [-0.3, -0.25) is 4.90 Å². The molecule has 2 aromatic rings. The largest absolute Gasteiger partial charge is 0.399 e. The average Bonchev–Trinajstić information content (AvgIpc) is 2.97. The van der Waals surface area contributed by atoms with Crippen molar-refractivity contribution in [2.24, 2.45) is 0 Å². The fourth-order valence-corrected chi connectivity index (χ4v) is 3.11. The number of aliphatic hydroxyl groups excluding tert-OH is 1. The molecule has 3 N–H and O–H groups in total. The maximum absolute atomic E-state index is 10.4. The van der Waals surface area contributed by atoms with Crippen LogP contribution in [0, 0.1) is 0 Å². The molecule has 1 aliphatic heterocycles. The van der Waals surface area contributed by atoms with Crippen molar-refractivity contribution < 1.29 is 5.11 Å². The number of hydrogen-bond donors (Lipinski definition) is 2. The summed E-state index contributed by atoms with van der Waals surface area (Å²) in [6, 6.07) is 18.2. The zero-order chi connectivity index (χ0) is 14.7. The molecule has 0 aromatic heterocycles. The number of hydrogen-bond acceptors (Lipinski definition) is 3. The lowest BCUT2D eigenvalue weighted by Crippen LogP contribution is -2.26. The van der Waals surface area contributed by atoms with Crippen LogP contribution in [-0.2, 0) is 0 Å². The second-order valence-corrected chi connectivity index (χ2v) is 5.84. The molecule has 0 spiro atoms. The van der Waals surface area contributed by atoms with Crippen LogP contribution in [0.5, 0.6) is 0 Å². The Morgan fingerprint density at radius 1 is 1.14 bits per heavy atom. The van der Waals surface area contributed by atoms with Crippen LogP contribution in [0.25, 0.3) is 0 Å². The Bertz CT molecular complexity index is 585. The van der Waals surface area contributed by atoms with E-state index in [9.17, 15) is 5.11 Å². The topological polar surface area (TPSA) is 49.5 Å². The number of aliphatic hydroxyl groups is 1. The number of rotatable bonds is 4. The summed E-state index contributed by atoms with van der Waals surface area (Å²) in [7, 11) is 0. The molecule has 0 amide bonds. The Morgan fingerprint density at radius 3 is 2.71 bits per heavy atom. The molecular formula is C18H22N2O. The van der Waals surface area contributed by atoms with Crippen LogP contribution in [0.2, 0.25) is 0 Å². The molecule has 3 nitrogen and oxygen atoms in total. The fraction of sp³-hybridized carbons (Fsp3) is 0.333. The number of β-amino-alcohol motifs (C(OH)–C–C–N with tert-alkyl or cyclic N) is 1. The van der Waals surface area contributed by atoms with E-state index in [4.69, 9.17) is 5.73 Å². The molecule has 2 aromatic carbocycles. The normalized spacial score (nSPS) is 20.5. The first-order valence-corrected chi connectivity index (χ1v) is 7.53. The van der Waals surface area contributed by atoms with E-state index in [0.29, 0.717) is 18.2 Å². The van der Waals surface area contributed by atoms with Crippen molar-refractivity contribution in [3.05, 3.63) is 65.7 Å². The van der Waals surface area contributed by atoms with E-state index in [1.165, 1.54) is 5.56 Å².